The number of benzene rings is 2. The lowest BCUT2D eigenvalue weighted by molar-refractivity contribution is -0.122. The second-order valence-corrected chi connectivity index (χ2v) is 6.63. The summed E-state index contributed by atoms with van der Waals surface area (Å²) >= 11 is 1.38. The van der Waals surface area contributed by atoms with Crippen LogP contribution < -0.4 is 4.90 Å². The van der Waals surface area contributed by atoms with Crippen LogP contribution in [0.3, 0.4) is 0 Å². The third-order valence-electron chi connectivity index (χ3n) is 4.04. The van der Waals surface area contributed by atoms with Gasteiger partial charge in [-0.1, -0.05) is 53.8 Å². The zero-order valence-electron chi connectivity index (χ0n) is 12.3. The second-order valence-electron chi connectivity index (χ2n) is 5.62. The molecule has 2 amide bonds. The molecule has 0 N–H and O–H groups in total. The number of carbonyl (C=O) groups excluding carboxylic acids is 2. The van der Waals surface area contributed by atoms with Gasteiger partial charge >= 0.3 is 0 Å². The van der Waals surface area contributed by atoms with Crippen molar-refractivity contribution in [3.63, 3.8) is 0 Å². The van der Waals surface area contributed by atoms with Crippen LogP contribution in [0.2, 0.25) is 0 Å². The van der Waals surface area contributed by atoms with E-state index in [0.29, 0.717) is 11.6 Å². The number of amides is 2. The number of thiazole rings is 1. The van der Waals surface area contributed by atoms with Crippen molar-refractivity contribution in [3.8, 4) is 0 Å². The first-order valence-corrected chi connectivity index (χ1v) is 8.30. The van der Waals surface area contributed by atoms with Crippen LogP contribution in [0.15, 0.2) is 54.6 Å². The molecule has 2 heterocycles. The molecule has 0 bridgehead atoms. The predicted molar refractivity (Wildman–Crippen MR) is 90.4 cm³/mol. The number of nitrogens with zero attached hydrogens (tertiary/aromatic N) is 2. The maximum Gasteiger partial charge on any atom is 0.239 e. The van der Waals surface area contributed by atoms with Crippen LogP contribution in [0.4, 0.5) is 5.13 Å². The predicted octanol–water partition coefficient (Wildman–Crippen LogP) is 3.42. The lowest BCUT2D eigenvalue weighted by atomic mass is 9.98. The van der Waals surface area contributed by atoms with Gasteiger partial charge in [-0.15, -0.1) is 0 Å². The summed E-state index contributed by atoms with van der Waals surface area (Å²) in [4.78, 5) is 30.7. The Balaban J connectivity index is 1.62. The fraction of sp³-hybridized carbons (Fsp3) is 0.167. The fourth-order valence-electron chi connectivity index (χ4n) is 2.91. The third-order valence-corrected chi connectivity index (χ3v) is 5.06. The van der Waals surface area contributed by atoms with Crippen molar-refractivity contribution in [1.82, 2.24) is 4.98 Å². The van der Waals surface area contributed by atoms with E-state index in [9.17, 15) is 9.59 Å². The molecule has 5 heteroatoms. The minimum Gasteiger partial charge on any atom is -0.274 e. The van der Waals surface area contributed by atoms with Crippen LogP contribution in [-0.2, 0) is 16.0 Å². The summed E-state index contributed by atoms with van der Waals surface area (Å²) in [5, 5.41) is 0.483. The summed E-state index contributed by atoms with van der Waals surface area (Å²) in [6, 6.07) is 17.5. The van der Waals surface area contributed by atoms with Gasteiger partial charge in [0.25, 0.3) is 0 Å². The summed E-state index contributed by atoms with van der Waals surface area (Å²) in [6.45, 7) is 0. The first kappa shape index (κ1) is 14.1. The minimum absolute atomic E-state index is 0.141. The second kappa shape index (κ2) is 5.59. The number of anilines is 1. The van der Waals surface area contributed by atoms with E-state index in [4.69, 9.17) is 0 Å². The molecule has 0 saturated carbocycles. The Morgan fingerprint density at radius 2 is 1.78 bits per heavy atom. The molecular weight excluding hydrogens is 308 g/mol. The largest absolute Gasteiger partial charge is 0.274 e. The van der Waals surface area contributed by atoms with Crippen LogP contribution in [0, 0.1) is 5.92 Å². The van der Waals surface area contributed by atoms with Gasteiger partial charge in [0.05, 0.1) is 16.1 Å². The number of para-hydroxylation sites is 1. The van der Waals surface area contributed by atoms with E-state index in [1.54, 1.807) is 0 Å². The Labute approximate surface area is 137 Å². The normalized spacial score (nSPS) is 18.1. The molecule has 1 aromatic heterocycles. The molecule has 4 nitrogen and oxygen atoms in total. The lowest BCUT2D eigenvalue weighted by Crippen LogP contribution is -2.30. The molecule has 1 aliphatic rings. The van der Waals surface area contributed by atoms with Crippen molar-refractivity contribution < 1.29 is 9.59 Å². The summed E-state index contributed by atoms with van der Waals surface area (Å²) in [7, 11) is 0. The highest BCUT2D eigenvalue weighted by Crippen LogP contribution is 2.34. The molecule has 4 rings (SSSR count). The molecule has 3 aromatic rings. The average molecular weight is 322 g/mol. The molecule has 0 spiro atoms. The Hall–Kier alpha value is -2.53. The van der Waals surface area contributed by atoms with Crippen molar-refractivity contribution in [2.75, 3.05) is 4.90 Å². The summed E-state index contributed by atoms with van der Waals surface area (Å²) < 4.78 is 0.981. The molecule has 1 atom stereocenters. The topological polar surface area (TPSA) is 50.3 Å². The van der Waals surface area contributed by atoms with Crippen molar-refractivity contribution in [1.29, 1.82) is 0 Å². The molecule has 114 valence electrons. The van der Waals surface area contributed by atoms with Gasteiger partial charge in [0, 0.05) is 6.42 Å². The number of rotatable bonds is 3. The van der Waals surface area contributed by atoms with Gasteiger partial charge < -0.3 is 0 Å². The summed E-state index contributed by atoms with van der Waals surface area (Å²) in [6.07, 6.45) is 0.844. The van der Waals surface area contributed by atoms with Gasteiger partial charge in [-0.05, 0) is 24.1 Å². The Bertz CT molecular complexity index is 855. The number of hydrogen-bond donors (Lipinski definition) is 0. The zero-order valence-corrected chi connectivity index (χ0v) is 13.1. The van der Waals surface area contributed by atoms with E-state index < -0.39 is 0 Å². The van der Waals surface area contributed by atoms with Crippen molar-refractivity contribution in [2.24, 2.45) is 5.92 Å². The smallest absolute Gasteiger partial charge is 0.239 e. The van der Waals surface area contributed by atoms with Gasteiger partial charge in [0.15, 0.2) is 5.13 Å². The van der Waals surface area contributed by atoms with Crippen molar-refractivity contribution in [2.45, 2.75) is 12.8 Å². The standard InChI is InChI=1S/C18H14N2O2S/c21-16-11-13(10-12-6-2-1-3-7-12)17(22)20(16)18-19-14-8-4-5-9-15(14)23-18/h1-9,13H,10-11H2. The zero-order chi connectivity index (χ0) is 15.8. The van der Waals surface area contributed by atoms with Gasteiger partial charge in [0.2, 0.25) is 11.8 Å². The number of carbonyl (C=O) groups is 2. The van der Waals surface area contributed by atoms with Gasteiger partial charge in [0.1, 0.15) is 0 Å². The summed E-state index contributed by atoms with van der Waals surface area (Å²) in [5.74, 6) is -0.593. The number of imide groups is 1. The monoisotopic (exact) mass is 322 g/mol. The Kier molecular flexibility index (Phi) is 3.42. The van der Waals surface area contributed by atoms with Crippen LogP contribution in [0.1, 0.15) is 12.0 Å². The van der Waals surface area contributed by atoms with Crippen LogP contribution in [0.25, 0.3) is 10.2 Å². The molecule has 1 unspecified atom stereocenters. The molecule has 2 aromatic carbocycles. The van der Waals surface area contributed by atoms with Crippen molar-refractivity contribution >= 4 is 38.5 Å². The highest BCUT2D eigenvalue weighted by Gasteiger charge is 2.40. The van der Waals surface area contributed by atoms with Gasteiger partial charge in [-0.3, -0.25) is 9.59 Å². The fourth-order valence-corrected chi connectivity index (χ4v) is 3.90. The first-order chi connectivity index (χ1) is 11.2. The molecule has 0 aliphatic carbocycles. The SMILES string of the molecule is O=C1CC(Cc2ccccc2)C(=O)N1c1nc2ccccc2s1. The van der Waals surface area contributed by atoms with E-state index in [0.717, 1.165) is 15.8 Å². The Morgan fingerprint density at radius 1 is 1.04 bits per heavy atom. The van der Waals surface area contributed by atoms with E-state index >= 15 is 0 Å². The molecule has 1 saturated heterocycles. The molecule has 0 radical (unpaired) electrons. The lowest BCUT2D eigenvalue weighted by Gasteiger charge is -2.11. The van der Waals surface area contributed by atoms with E-state index in [-0.39, 0.29) is 24.2 Å². The van der Waals surface area contributed by atoms with Crippen molar-refractivity contribution in [3.05, 3.63) is 60.2 Å². The highest BCUT2D eigenvalue weighted by atomic mass is 32.1. The molecular formula is C18H14N2O2S. The number of hydrogen-bond acceptors (Lipinski definition) is 4. The molecule has 1 fully saturated rings. The highest BCUT2D eigenvalue weighted by molar-refractivity contribution is 7.22. The maximum absolute atomic E-state index is 12.7. The van der Waals surface area contributed by atoms with Crippen LogP contribution in [-0.4, -0.2) is 16.8 Å². The molecule has 23 heavy (non-hydrogen) atoms. The van der Waals surface area contributed by atoms with E-state index in [2.05, 4.69) is 4.98 Å². The summed E-state index contributed by atoms with van der Waals surface area (Å²) in [5.41, 5.74) is 1.89. The number of aromatic nitrogens is 1. The first-order valence-electron chi connectivity index (χ1n) is 7.48. The molecule has 1 aliphatic heterocycles. The van der Waals surface area contributed by atoms with Gasteiger partial charge in [-0.2, -0.15) is 0 Å². The third kappa shape index (κ3) is 2.53. The quantitative estimate of drug-likeness (QED) is 0.694. The van der Waals surface area contributed by atoms with Crippen LogP contribution >= 0.6 is 11.3 Å². The Morgan fingerprint density at radius 3 is 2.57 bits per heavy atom. The average Bonchev–Trinajstić information content (AvgIpc) is 3.09. The van der Waals surface area contributed by atoms with E-state index in [1.807, 2.05) is 54.6 Å². The maximum atomic E-state index is 12.7. The van der Waals surface area contributed by atoms with Gasteiger partial charge in [-0.25, -0.2) is 9.88 Å². The van der Waals surface area contributed by atoms with E-state index in [1.165, 1.54) is 16.2 Å². The minimum atomic E-state index is -0.295. The number of fused-ring (bicyclic) bond motifs is 1. The van der Waals surface area contributed by atoms with Crippen LogP contribution in [0.5, 0.6) is 0 Å².